The van der Waals surface area contributed by atoms with Gasteiger partial charge in [-0.2, -0.15) is 0 Å². The van der Waals surface area contributed by atoms with E-state index in [2.05, 4.69) is 25.1 Å². The smallest absolute Gasteiger partial charge is 0.484 e. The largest absolute Gasteiger partial charge is 0.573 e. The summed E-state index contributed by atoms with van der Waals surface area (Å²) in [5.41, 5.74) is 0.110. The van der Waals surface area contributed by atoms with E-state index in [1.54, 1.807) is 0 Å². The van der Waals surface area contributed by atoms with Gasteiger partial charge in [0.25, 0.3) is 11.8 Å². The van der Waals surface area contributed by atoms with E-state index in [9.17, 15) is 35.9 Å². The summed E-state index contributed by atoms with van der Waals surface area (Å²) in [4.78, 5) is 28.4. The van der Waals surface area contributed by atoms with Gasteiger partial charge in [-0.3, -0.25) is 9.59 Å². The van der Waals surface area contributed by atoms with Crippen molar-refractivity contribution >= 4 is 23.2 Å². The monoisotopic (exact) mass is 549 g/mol. The lowest BCUT2D eigenvalue weighted by molar-refractivity contribution is -0.275. The minimum atomic E-state index is -4.88. The summed E-state index contributed by atoms with van der Waals surface area (Å²) in [5.74, 6) is -1.94. The standard InChI is InChI=1S/C22H17F6N3O5S/c23-21(24,25)35-15-7-5-14(6-8-15)34-11-18(32)29-10-19-31-16(12-37-19)20(33)30-9-13-3-1-2-4-17(13)36-22(26,27)28/h1-8,12H,9-11H2,(H,29,32)(H,30,33). The van der Waals surface area contributed by atoms with Crippen molar-refractivity contribution in [3.63, 3.8) is 0 Å². The van der Waals surface area contributed by atoms with Gasteiger partial charge in [0, 0.05) is 17.5 Å². The highest BCUT2D eigenvalue weighted by atomic mass is 32.1. The molecule has 2 N–H and O–H groups in total. The fourth-order valence-electron chi connectivity index (χ4n) is 2.75. The van der Waals surface area contributed by atoms with Crippen molar-refractivity contribution in [1.29, 1.82) is 0 Å². The molecule has 3 rings (SSSR count). The highest BCUT2D eigenvalue weighted by Crippen LogP contribution is 2.26. The van der Waals surface area contributed by atoms with Crippen LogP contribution in [0.25, 0.3) is 0 Å². The van der Waals surface area contributed by atoms with Crippen LogP contribution in [0.5, 0.6) is 17.2 Å². The Morgan fingerprint density at radius 3 is 2.16 bits per heavy atom. The Morgan fingerprint density at radius 2 is 1.49 bits per heavy atom. The van der Waals surface area contributed by atoms with Gasteiger partial charge in [0.2, 0.25) is 0 Å². The van der Waals surface area contributed by atoms with Crippen molar-refractivity contribution in [1.82, 2.24) is 15.6 Å². The molecular formula is C22H17F6N3O5S. The van der Waals surface area contributed by atoms with Crippen LogP contribution in [-0.2, 0) is 17.9 Å². The van der Waals surface area contributed by atoms with E-state index in [1.165, 1.54) is 35.7 Å². The zero-order valence-electron chi connectivity index (χ0n) is 18.5. The van der Waals surface area contributed by atoms with Gasteiger partial charge >= 0.3 is 12.7 Å². The van der Waals surface area contributed by atoms with Crippen LogP contribution in [0.1, 0.15) is 21.1 Å². The van der Waals surface area contributed by atoms with Crippen LogP contribution in [0.3, 0.4) is 0 Å². The summed E-state index contributed by atoms with van der Waals surface area (Å²) < 4.78 is 86.9. The van der Waals surface area contributed by atoms with E-state index >= 15 is 0 Å². The van der Waals surface area contributed by atoms with E-state index in [-0.39, 0.29) is 30.1 Å². The molecule has 37 heavy (non-hydrogen) atoms. The van der Waals surface area contributed by atoms with Gasteiger partial charge in [-0.15, -0.1) is 37.7 Å². The van der Waals surface area contributed by atoms with Crippen LogP contribution in [0.15, 0.2) is 53.9 Å². The highest BCUT2D eigenvalue weighted by Gasteiger charge is 2.32. The van der Waals surface area contributed by atoms with Crippen molar-refractivity contribution in [3.8, 4) is 17.2 Å². The summed E-state index contributed by atoms with van der Waals surface area (Å²) in [7, 11) is 0. The van der Waals surface area contributed by atoms with E-state index in [4.69, 9.17) is 4.74 Å². The van der Waals surface area contributed by atoms with Crippen molar-refractivity contribution < 1.29 is 50.1 Å². The number of hydrogen-bond acceptors (Lipinski definition) is 7. The average molecular weight is 549 g/mol. The number of ether oxygens (including phenoxy) is 3. The molecule has 0 atom stereocenters. The lowest BCUT2D eigenvalue weighted by atomic mass is 10.2. The van der Waals surface area contributed by atoms with E-state index < -0.39 is 42.6 Å². The van der Waals surface area contributed by atoms with Crippen LogP contribution in [0, 0.1) is 0 Å². The zero-order valence-corrected chi connectivity index (χ0v) is 19.3. The molecule has 3 aromatic rings. The predicted octanol–water partition coefficient (Wildman–Crippen LogP) is 4.57. The van der Waals surface area contributed by atoms with Gasteiger partial charge in [-0.1, -0.05) is 18.2 Å². The minimum absolute atomic E-state index is 0.000820. The maximum Gasteiger partial charge on any atom is 0.573 e. The quantitative estimate of drug-likeness (QED) is 0.360. The number of thiazole rings is 1. The van der Waals surface area contributed by atoms with Gasteiger partial charge < -0.3 is 24.8 Å². The molecule has 0 aliphatic heterocycles. The SMILES string of the molecule is O=C(COc1ccc(OC(F)(F)F)cc1)NCc1nc(C(=O)NCc2ccccc2OC(F)(F)F)cs1. The summed E-state index contributed by atoms with van der Waals surface area (Å²) in [6, 6.07) is 9.82. The summed E-state index contributed by atoms with van der Waals surface area (Å²) in [6.45, 7) is -0.715. The van der Waals surface area contributed by atoms with Gasteiger partial charge in [-0.05, 0) is 30.3 Å². The van der Waals surface area contributed by atoms with Gasteiger partial charge in [-0.25, -0.2) is 4.98 Å². The molecule has 0 saturated heterocycles. The highest BCUT2D eigenvalue weighted by molar-refractivity contribution is 7.09. The Labute approximate surface area is 209 Å². The molecule has 0 fully saturated rings. The predicted molar refractivity (Wildman–Crippen MR) is 117 cm³/mol. The normalized spacial score (nSPS) is 11.5. The van der Waals surface area contributed by atoms with Crippen molar-refractivity contribution in [2.45, 2.75) is 25.8 Å². The Bertz CT molecular complexity index is 1210. The van der Waals surface area contributed by atoms with Gasteiger partial charge in [0.05, 0.1) is 6.54 Å². The molecule has 8 nitrogen and oxygen atoms in total. The van der Waals surface area contributed by atoms with Crippen molar-refractivity contribution in [2.24, 2.45) is 0 Å². The average Bonchev–Trinajstić information content (AvgIpc) is 3.29. The Hall–Kier alpha value is -4.01. The fraction of sp³-hybridized carbons (Fsp3) is 0.227. The van der Waals surface area contributed by atoms with E-state index in [0.717, 1.165) is 29.5 Å². The lowest BCUT2D eigenvalue weighted by Gasteiger charge is -2.13. The number of nitrogens with zero attached hydrogens (tertiary/aromatic N) is 1. The number of nitrogens with one attached hydrogen (secondary N) is 2. The lowest BCUT2D eigenvalue weighted by Crippen LogP contribution is -2.28. The number of carbonyl (C=O) groups excluding carboxylic acids is 2. The van der Waals surface area contributed by atoms with Crippen LogP contribution in [0.4, 0.5) is 26.3 Å². The maximum atomic E-state index is 12.5. The number of halogens is 6. The molecule has 0 saturated carbocycles. The number of hydrogen-bond donors (Lipinski definition) is 2. The molecule has 0 aliphatic carbocycles. The zero-order chi connectivity index (χ0) is 27.1. The number of rotatable bonds is 10. The number of alkyl halides is 6. The molecule has 0 bridgehead atoms. The third-order valence-corrected chi connectivity index (χ3v) is 5.13. The molecule has 0 unspecified atom stereocenters. The van der Waals surface area contributed by atoms with Crippen molar-refractivity contribution in [3.05, 3.63) is 70.2 Å². The number of amides is 2. The molecular weight excluding hydrogens is 532 g/mol. The number of para-hydroxylation sites is 1. The van der Waals surface area contributed by atoms with E-state index in [0.29, 0.717) is 5.01 Å². The summed E-state index contributed by atoms with van der Waals surface area (Å²) in [6.07, 6.45) is -9.70. The first-order chi connectivity index (χ1) is 17.4. The van der Waals surface area contributed by atoms with Crippen molar-refractivity contribution in [2.75, 3.05) is 6.61 Å². The molecule has 2 amide bonds. The molecule has 1 heterocycles. The third kappa shape index (κ3) is 9.51. The Morgan fingerprint density at radius 1 is 0.838 bits per heavy atom. The summed E-state index contributed by atoms with van der Waals surface area (Å²) >= 11 is 1.07. The second-order valence-electron chi connectivity index (χ2n) is 7.05. The number of benzene rings is 2. The summed E-state index contributed by atoms with van der Waals surface area (Å²) in [5, 5.41) is 6.74. The first-order valence-corrected chi connectivity index (χ1v) is 11.1. The second kappa shape index (κ2) is 11.8. The van der Waals surface area contributed by atoms with Gasteiger partial charge in [0.15, 0.2) is 6.61 Å². The minimum Gasteiger partial charge on any atom is -0.484 e. The number of aromatic nitrogens is 1. The third-order valence-electron chi connectivity index (χ3n) is 4.29. The Kier molecular flexibility index (Phi) is 8.81. The molecule has 0 spiro atoms. The molecule has 15 heteroatoms. The molecule has 0 radical (unpaired) electrons. The topological polar surface area (TPSA) is 98.8 Å². The molecule has 0 aliphatic rings. The van der Waals surface area contributed by atoms with Crippen LogP contribution >= 0.6 is 11.3 Å². The fourth-order valence-corrected chi connectivity index (χ4v) is 3.46. The van der Waals surface area contributed by atoms with E-state index in [1.807, 2.05) is 0 Å². The Balaban J connectivity index is 1.43. The molecule has 1 aromatic heterocycles. The first kappa shape index (κ1) is 27.6. The second-order valence-corrected chi connectivity index (χ2v) is 7.99. The number of carbonyl (C=O) groups is 2. The van der Waals surface area contributed by atoms with Gasteiger partial charge in [0.1, 0.15) is 28.0 Å². The van der Waals surface area contributed by atoms with Crippen LogP contribution < -0.4 is 24.8 Å². The maximum absolute atomic E-state index is 12.5. The van der Waals surface area contributed by atoms with Crippen LogP contribution in [0.2, 0.25) is 0 Å². The van der Waals surface area contributed by atoms with Crippen LogP contribution in [-0.4, -0.2) is 36.1 Å². The molecule has 198 valence electrons. The first-order valence-electron chi connectivity index (χ1n) is 10.2. The molecule has 2 aromatic carbocycles.